The molecule has 8 nitrogen and oxygen atoms in total. The molecule has 0 unspecified atom stereocenters. The van der Waals surface area contributed by atoms with Crippen molar-refractivity contribution in [1.82, 2.24) is 20.3 Å². The highest BCUT2D eigenvalue weighted by atomic mass is 16.1. The van der Waals surface area contributed by atoms with E-state index in [9.17, 15) is 4.79 Å². The maximum Gasteiger partial charge on any atom is 0.239 e. The van der Waals surface area contributed by atoms with Gasteiger partial charge in [0.25, 0.3) is 0 Å². The number of aromatic nitrogens is 3. The number of carbonyl (C=O) groups excluding carboxylic acids is 1. The maximum absolute atomic E-state index is 11.6. The van der Waals surface area contributed by atoms with E-state index in [-0.39, 0.29) is 18.4 Å². The summed E-state index contributed by atoms with van der Waals surface area (Å²) in [5.41, 5.74) is 5.79. The first-order valence-electron chi connectivity index (χ1n) is 7.27. The number of nitrogens with one attached hydrogen (secondary N) is 1. The van der Waals surface area contributed by atoms with Crippen LogP contribution < -0.4 is 20.9 Å². The van der Waals surface area contributed by atoms with Crippen LogP contribution in [0.2, 0.25) is 0 Å². The first-order valence-corrected chi connectivity index (χ1v) is 7.27. The largest absolute Gasteiger partial charge is 0.368 e. The number of nitrogens with zero attached hydrogens (tertiary/aromatic N) is 5. The van der Waals surface area contributed by atoms with Crippen molar-refractivity contribution in [3.8, 4) is 0 Å². The van der Waals surface area contributed by atoms with Crippen molar-refractivity contribution < 1.29 is 4.79 Å². The van der Waals surface area contributed by atoms with Gasteiger partial charge in [0.05, 0.1) is 6.54 Å². The van der Waals surface area contributed by atoms with Gasteiger partial charge < -0.3 is 20.9 Å². The van der Waals surface area contributed by atoms with Crippen molar-refractivity contribution in [3.63, 3.8) is 0 Å². The molecule has 0 saturated heterocycles. The highest BCUT2D eigenvalue weighted by Gasteiger charge is 2.16. The van der Waals surface area contributed by atoms with Crippen LogP contribution in [0.5, 0.6) is 0 Å². The lowest BCUT2D eigenvalue weighted by molar-refractivity contribution is -0.119. The summed E-state index contributed by atoms with van der Waals surface area (Å²) in [4.78, 5) is 28.2. The number of hydrogen-bond donors (Lipinski definition) is 2. The minimum absolute atomic E-state index is 0.0909. The monoisotopic (exact) mass is 295 g/mol. The Morgan fingerprint density at radius 2 is 1.67 bits per heavy atom. The number of anilines is 3. The lowest BCUT2D eigenvalue weighted by Gasteiger charge is -2.24. The molecule has 0 aliphatic rings. The van der Waals surface area contributed by atoms with Crippen LogP contribution in [0.3, 0.4) is 0 Å². The number of rotatable bonds is 8. The lowest BCUT2D eigenvalue weighted by Crippen LogP contribution is -2.37. The molecular formula is C13H25N7O. The molecule has 8 heteroatoms. The Balaban J connectivity index is 3.09. The fourth-order valence-electron chi connectivity index (χ4n) is 1.93. The number of carbonyl (C=O) groups is 1. The van der Waals surface area contributed by atoms with Crippen LogP contribution >= 0.6 is 0 Å². The second kappa shape index (κ2) is 8.23. The van der Waals surface area contributed by atoms with Gasteiger partial charge in [-0.15, -0.1) is 0 Å². The molecule has 0 aromatic carbocycles. The Bertz CT molecular complexity index is 462. The number of likely N-dealkylation sites (N-methyl/N-ethyl adjacent to an activating group) is 1. The van der Waals surface area contributed by atoms with Crippen molar-refractivity contribution in [2.75, 3.05) is 48.8 Å². The van der Waals surface area contributed by atoms with Gasteiger partial charge in [-0.2, -0.15) is 15.0 Å². The van der Waals surface area contributed by atoms with E-state index < -0.39 is 0 Å². The molecule has 0 radical (unpaired) electrons. The summed E-state index contributed by atoms with van der Waals surface area (Å²) in [5, 5.41) is 2.60. The molecule has 0 fully saturated rings. The van der Waals surface area contributed by atoms with Crippen molar-refractivity contribution in [1.29, 1.82) is 0 Å². The molecule has 118 valence electrons. The average Bonchev–Trinajstić information content (AvgIpc) is 2.47. The molecule has 0 saturated carbocycles. The van der Waals surface area contributed by atoms with Crippen molar-refractivity contribution in [3.05, 3.63) is 0 Å². The number of nitrogen functional groups attached to an aromatic ring is 1. The van der Waals surface area contributed by atoms with Gasteiger partial charge in [-0.3, -0.25) is 4.79 Å². The van der Waals surface area contributed by atoms with E-state index >= 15 is 0 Å². The molecule has 0 atom stereocenters. The van der Waals surface area contributed by atoms with Crippen LogP contribution in [0.4, 0.5) is 17.8 Å². The first-order chi connectivity index (χ1) is 10.0. The third-order valence-corrected chi connectivity index (χ3v) is 3.07. The third-order valence-electron chi connectivity index (χ3n) is 3.07. The van der Waals surface area contributed by atoms with Gasteiger partial charge in [0.2, 0.25) is 23.8 Å². The average molecular weight is 295 g/mol. The zero-order valence-electron chi connectivity index (χ0n) is 13.3. The van der Waals surface area contributed by atoms with E-state index in [0.717, 1.165) is 19.5 Å². The fraction of sp³-hybridized carbons (Fsp3) is 0.692. The molecule has 1 rings (SSSR count). The van der Waals surface area contributed by atoms with Gasteiger partial charge in [0.15, 0.2) is 0 Å². The molecule has 1 aromatic heterocycles. The number of nitrogens with two attached hydrogens (primary N) is 1. The lowest BCUT2D eigenvalue weighted by atomic mass is 10.4. The van der Waals surface area contributed by atoms with Crippen LogP contribution in [0.15, 0.2) is 0 Å². The molecule has 1 aromatic rings. The van der Waals surface area contributed by atoms with Crippen LogP contribution in [0.25, 0.3) is 0 Å². The van der Waals surface area contributed by atoms with Gasteiger partial charge in [-0.1, -0.05) is 6.92 Å². The van der Waals surface area contributed by atoms with Crippen LogP contribution in [0.1, 0.15) is 27.2 Å². The van der Waals surface area contributed by atoms with Crippen LogP contribution in [-0.2, 0) is 4.79 Å². The molecule has 21 heavy (non-hydrogen) atoms. The smallest absolute Gasteiger partial charge is 0.239 e. The van der Waals surface area contributed by atoms with Crippen LogP contribution in [0, 0.1) is 0 Å². The predicted octanol–water partition coefficient (Wildman–Crippen LogP) is 0.262. The molecular weight excluding hydrogens is 270 g/mol. The zero-order valence-corrected chi connectivity index (χ0v) is 13.3. The van der Waals surface area contributed by atoms with E-state index in [1.165, 1.54) is 0 Å². The summed E-state index contributed by atoms with van der Waals surface area (Å²) < 4.78 is 0. The number of amides is 1. The summed E-state index contributed by atoms with van der Waals surface area (Å²) in [6.07, 6.45) is 0.878. The zero-order chi connectivity index (χ0) is 15.8. The van der Waals surface area contributed by atoms with Gasteiger partial charge >= 0.3 is 0 Å². The van der Waals surface area contributed by atoms with Crippen LogP contribution in [-0.4, -0.2) is 54.1 Å². The quantitative estimate of drug-likeness (QED) is 0.709. The first kappa shape index (κ1) is 16.9. The predicted molar refractivity (Wildman–Crippen MR) is 84.4 cm³/mol. The minimum Gasteiger partial charge on any atom is -0.368 e. The summed E-state index contributed by atoms with van der Waals surface area (Å²) in [7, 11) is 1.61. The third kappa shape index (κ3) is 4.73. The Morgan fingerprint density at radius 3 is 2.14 bits per heavy atom. The summed E-state index contributed by atoms with van der Waals surface area (Å²) in [6, 6.07) is 0. The van der Waals surface area contributed by atoms with Crippen molar-refractivity contribution >= 4 is 23.8 Å². The second-order valence-corrected chi connectivity index (χ2v) is 4.56. The van der Waals surface area contributed by atoms with Crippen molar-refractivity contribution in [2.24, 2.45) is 0 Å². The Kier molecular flexibility index (Phi) is 6.64. The highest BCUT2D eigenvalue weighted by Crippen LogP contribution is 2.15. The summed E-state index contributed by atoms with van der Waals surface area (Å²) >= 11 is 0. The minimum atomic E-state index is -0.0909. The Labute approximate surface area is 125 Å². The summed E-state index contributed by atoms with van der Waals surface area (Å²) in [5.74, 6) is 1.06. The topological polar surface area (TPSA) is 100 Å². The molecule has 3 N–H and O–H groups in total. The highest BCUT2D eigenvalue weighted by molar-refractivity contribution is 5.80. The molecule has 1 amide bonds. The van der Waals surface area contributed by atoms with Gasteiger partial charge in [-0.05, 0) is 20.3 Å². The SMILES string of the molecule is CCCN(CC(=O)NC)c1nc(N)nc(N(CC)CC)n1. The standard InChI is InChI=1S/C13H25N7O/c1-5-8-20(9-10(21)15-4)13-17-11(14)16-12(18-13)19(6-2)7-3/h5-9H2,1-4H3,(H,15,21)(H2,14,16,17,18). The second-order valence-electron chi connectivity index (χ2n) is 4.56. The fourth-order valence-corrected chi connectivity index (χ4v) is 1.93. The van der Waals surface area contributed by atoms with E-state index in [1.807, 2.05) is 30.6 Å². The normalized spacial score (nSPS) is 10.3. The number of hydrogen-bond acceptors (Lipinski definition) is 7. The molecule has 0 bridgehead atoms. The Hall–Kier alpha value is -2.12. The molecule has 0 spiro atoms. The van der Waals surface area contributed by atoms with E-state index in [2.05, 4.69) is 20.3 Å². The van der Waals surface area contributed by atoms with Gasteiger partial charge in [-0.25, -0.2) is 0 Å². The van der Waals surface area contributed by atoms with Crippen molar-refractivity contribution in [2.45, 2.75) is 27.2 Å². The van der Waals surface area contributed by atoms with Gasteiger partial charge in [0, 0.05) is 26.7 Å². The van der Waals surface area contributed by atoms with E-state index in [0.29, 0.717) is 18.4 Å². The maximum atomic E-state index is 11.6. The Morgan fingerprint density at radius 1 is 1.10 bits per heavy atom. The van der Waals surface area contributed by atoms with Gasteiger partial charge in [0.1, 0.15) is 0 Å². The molecule has 1 heterocycles. The molecule has 0 aliphatic carbocycles. The van der Waals surface area contributed by atoms with E-state index in [1.54, 1.807) is 7.05 Å². The van der Waals surface area contributed by atoms with E-state index in [4.69, 9.17) is 5.73 Å². The summed E-state index contributed by atoms with van der Waals surface area (Å²) in [6.45, 7) is 8.52. The molecule has 0 aliphatic heterocycles.